The zero-order valence-electron chi connectivity index (χ0n) is 11.7. The molecule has 2 aromatic heterocycles. The minimum atomic E-state index is -0.187. The molecule has 2 heterocycles. The second-order valence-electron chi connectivity index (χ2n) is 4.74. The van der Waals surface area contributed by atoms with Crippen LogP contribution in [0.4, 0.5) is 0 Å². The average Bonchev–Trinajstić information content (AvgIpc) is 3.18. The van der Waals surface area contributed by atoms with Crippen LogP contribution in [0.15, 0.2) is 59.7 Å². The first-order chi connectivity index (χ1) is 10.7. The molecule has 0 radical (unpaired) electrons. The Bertz CT molecular complexity index is 765. The highest BCUT2D eigenvalue weighted by atomic mass is 35.5. The molecular formula is C16H14ClN3O2. The summed E-state index contributed by atoms with van der Waals surface area (Å²) in [5.74, 6) is -0.187. The van der Waals surface area contributed by atoms with E-state index in [1.807, 2.05) is 12.3 Å². The van der Waals surface area contributed by atoms with E-state index in [9.17, 15) is 4.79 Å². The fraction of sp³-hybridized carbons (Fsp3) is 0.125. The van der Waals surface area contributed by atoms with Crippen molar-refractivity contribution in [1.29, 1.82) is 0 Å². The molecule has 0 aliphatic heterocycles. The Morgan fingerprint density at radius 2 is 2.14 bits per heavy atom. The summed E-state index contributed by atoms with van der Waals surface area (Å²) in [4.78, 5) is 12.0. The topological polar surface area (TPSA) is 60.1 Å². The van der Waals surface area contributed by atoms with Gasteiger partial charge in [0, 0.05) is 23.9 Å². The van der Waals surface area contributed by atoms with Gasteiger partial charge in [0.15, 0.2) is 0 Å². The van der Waals surface area contributed by atoms with Crippen LogP contribution >= 0.6 is 11.6 Å². The highest BCUT2D eigenvalue weighted by molar-refractivity contribution is 6.33. The summed E-state index contributed by atoms with van der Waals surface area (Å²) >= 11 is 5.99. The molecule has 0 bridgehead atoms. The Hall–Kier alpha value is -2.53. The maximum Gasteiger partial charge on any atom is 0.252 e. The fourth-order valence-corrected chi connectivity index (χ4v) is 2.31. The van der Waals surface area contributed by atoms with Crippen LogP contribution in [0.5, 0.6) is 0 Å². The van der Waals surface area contributed by atoms with Crippen molar-refractivity contribution in [3.05, 3.63) is 65.8 Å². The van der Waals surface area contributed by atoms with Crippen LogP contribution in [0, 0.1) is 0 Å². The largest absolute Gasteiger partial charge is 0.472 e. The molecule has 0 fully saturated rings. The number of furan rings is 1. The summed E-state index contributed by atoms with van der Waals surface area (Å²) in [6, 6.07) is 8.84. The maximum absolute atomic E-state index is 12.0. The number of amides is 1. The summed E-state index contributed by atoms with van der Waals surface area (Å²) < 4.78 is 6.82. The molecule has 0 atom stereocenters. The van der Waals surface area contributed by atoms with Gasteiger partial charge in [0.1, 0.15) is 0 Å². The van der Waals surface area contributed by atoms with E-state index >= 15 is 0 Å². The Morgan fingerprint density at radius 1 is 1.27 bits per heavy atom. The van der Waals surface area contributed by atoms with Gasteiger partial charge in [-0.15, -0.1) is 0 Å². The minimum Gasteiger partial charge on any atom is -0.472 e. The molecule has 0 spiro atoms. The minimum absolute atomic E-state index is 0.187. The third-order valence-corrected chi connectivity index (χ3v) is 3.56. The quantitative estimate of drug-likeness (QED) is 0.786. The van der Waals surface area contributed by atoms with Gasteiger partial charge < -0.3 is 9.73 Å². The molecule has 0 aliphatic rings. The van der Waals surface area contributed by atoms with Crippen LogP contribution in [0.3, 0.4) is 0 Å². The first kappa shape index (κ1) is 14.4. The fourth-order valence-electron chi connectivity index (χ4n) is 2.09. The number of aromatic nitrogens is 2. The molecule has 22 heavy (non-hydrogen) atoms. The number of hydrogen-bond donors (Lipinski definition) is 1. The van der Waals surface area contributed by atoms with Crippen molar-refractivity contribution in [3.63, 3.8) is 0 Å². The second kappa shape index (κ2) is 6.49. The normalized spacial score (nSPS) is 10.6. The van der Waals surface area contributed by atoms with Gasteiger partial charge in [-0.1, -0.05) is 23.7 Å². The third kappa shape index (κ3) is 3.20. The Kier molecular flexibility index (Phi) is 4.25. The smallest absolute Gasteiger partial charge is 0.252 e. The number of nitrogens with zero attached hydrogens (tertiary/aromatic N) is 2. The lowest BCUT2D eigenvalue weighted by atomic mass is 10.2. The van der Waals surface area contributed by atoms with E-state index in [0.717, 1.165) is 11.1 Å². The molecule has 6 heteroatoms. The molecule has 3 rings (SSSR count). The van der Waals surface area contributed by atoms with Crippen LogP contribution in [0.25, 0.3) is 11.1 Å². The lowest BCUT2D eigenvalue weighted by Crippen LogP contribution is -2.27. The number of hydrogen-bond acceptors (Lipinski definition) is 3. The number of nitrogens with one attached hydrogen (secondary N) is 1. The van der Waals surface area contributed by atoms with Gasteiger partial charge in [0.05, 0.1) is 35.9 Å². The Balaban J connectivity index is 1.55. The van der Waals surface area contributed by atoms with Crippen molar-refractivity contribution in [2.45, 2.75) is 6.54 Å². The number of benzene rings is 1. The van der Waals surface area contributed by atoms with Gasteiger partial charge >= 0.3 is 0 Å². The Labute approximate surface area is 132 Å². The highest BCUT2D eigenvalue weighted by Gasteiger charge is 2.09. The summed E-state index contributed by atoms with van der Waals surface area (Å²) in [6.07, 6.45) is 6.96. The molecule has 1 aromatic carbocycles. The van der Waals surface area contributed by atoms with Crippen LogP contribution in [-0.2, 0) is 6.54 Å². The zero-order chi connectivity index (χ0) is 15.4. The van der Waals surface area contributed by atoms with E-state index in [0.29, 0.717) is 23.7 Å². The molecule has 1 amide bonds. The van der Waals surface area contributed by atoms with Crippen LogP contribution < -0.4 is 5.32 Å². The molecule has 3 aromatic rings. The first-order valence-corrected chi connectivity index (χ1v) is 7.19. The number of carbonyl (C=O) groups excluding carboxylic acids is 1. The third-order valence-electron chi connectivity index (χ3n) is 3.23. The van der Waals surface area contributed by atoms with Crippen LogP contribution in [-0.4, -0.2) is 22.2 Å². The van der Waals surface area contributed by atoms with E-state index in [4.69, 9.17) is 16.0 Å². The monoisotopic (exact) mass is 315 g/mol. The number of rotatable bonds is 5. The maximum atomic E-state index is 12.0. The van der Waals surface area contributed by atoms with Gasteiger partial charge in [-0.05, 0) is 18.2 Å². The predicted molar refractivity (Wildman–Crippen MR) is 83.7 cm³/mol. The molecular weight excluding hydrogens is 302 g/mol. The van der Waals surface area contributed by atoms with Gasteiger partial charge in [-0.3, -0.25) is 9.48 Å². The lowest BCUT2D eigenvalue weighted by Gasteiger charge is -2.06. The molecule has 112 valence electrons. The second-order valence-corrected chi connectivity index (χ2v) is 5.15. The van der Waals surface area contributed by atoms with Gasteiger partial charge in [-0.2, -0.15) is 5.10 Å². The van der Waals surface area contributed by atoms with E-state index in [1.54, 1.807) is 47.7 Å². The number of carbonyl (C=O) groups is 1. The Morgan fingerprint density at radius 3 is 2.91 bits per heavy atom. The number of halogens is 1. The van der Waals surface area contributed by atoms with Crippen molar-refractivity contribution in [1.82, 2.24) is 15.1 Å². The first-order valence-electron chi connectivity index (χ1n) is 6.82. The zero-order valence-corrected chi connectivity index (χ0v) is 12.5. The summed E-state index contributed by atoms with van der Waals surface area (Å²) in [5, 5.41) is 7.53. The van der Waals surface area contributed by atoms with Gasteiger partial charge in [0.2, 0.25) is 0 Å². The molecule has 0 saturated carbocycles. The van der Waals surface area contributed by atoms with E-state index in [-0.39, 0.29) is 5.91 Å². The van der Waals surface area contributed by atoms with Crippen molar-refractivity contribution < 1.29 is 9.21 Å². The van der Waals surface area contributed by atoms with Gasteiger partial charge in [0.25, 0.3) is 5.91 Å². The highest BCUT2D eigenvalue weighted by Crippen LogP contribution is 2.18. The molecule has 0 unspecified atom stereocenters. The summed E-state index contributed by atoms with van der Waals surface area (Å²) in [7, 11) is 0. The van der Waals surface area contributed by atoms with Crippen LogP contribution in [0.2, 0.25) is 5.02 Å². The summed E-state index contributed by atoms with van der Waals surface area (Å²) in [6.45, 7) is 1.05. The van der Waals surface area contributed by atoms with Crippen molar-refractivity contribution >= 4 is 17.5 Å². The van der Waals surface area contributed by atoms with E-state index in [2.05, 4.69) is 10.4 Å². The van der Waals surface area contributed by atoms with Gasteiger partial charge in [-0.25, -0.2) is 0 Å². The predicted octanol–water partition coefficient (Wildman–Crippen LogP) is 3.23. The molecule has 1 N–H and O–H groups in total. The van der Waals surface area contributed by atoms with Crippen molar-refractivity contribution in [2.75, 3.05) is 6.54 Å². The summed E-state index contributed by atoms with van der Waals surface area (Å²) in [5.41, 5.74) is 2.43. The van der Waals surface area contributed by atoms with E-state index in [1.165, 1.54) is 0 Å². The molecule has 0 saturated heterocycles. The average molecular weight is 316 g/mol. The molecule has 0 aliphatic carbocycles. The van der Waals surface area contributed by atoms with Crippen molar-refractivity contribution in [2.24, 2.45) is 0 Å². The van der Waals surface area contributed by atoms with E-state index < -0.39 is 0 Å². The van der Waals surface area contributed by atoms with Crippen LogP contribution in [0.1, 0.15) is 10.4 Å². The standard InChI is InChI=1S/C16H14ClN3O2/c17-15-4-2-1-3-14(15)16(21)18-6-7-20-10-13(9-19-20)12-5-8-22-11-12/h1-5,8-11H,6-7H2,(H,18,21). The van der Waals surface area contributed by atoms with Crippen molar-refractivity contribution in [3.8, 4) is 11.1 Å². The molecule has 5 nitrogen and oxygen atoms in total. The lowest BCUT2D eigenvalue weighted by molar-refractivity contribution is 0.0952. The SMILES string of the molecule is O=C(NCCn1cc(-c2ccoc2)cn1)c1ccccc1Cl.